The number of nitrogens with zero attached hydrogens (tertiary/aromatic N) is 3. The molecule has 0 aliphatic heterocycles. The van der Waals surface area contributed by atoms with Crippen molar-refractivity contribution in [3.63, 3.8) is 0 Å². The molecule has 0 aliphatic rings. The van der Waals surface area contributed by atoms with Crippen LogP contribution in [0, 0.1) is 17.0 Å². The number of imidazole rings is 1. The summed E-state index contributed by atoms with van der Waals surface area (Å²) < 4.78 is 1.80. The van der Waals surface area contributed by atoms with Crippen LogP contribution in [0.15, 0.2) is 42.7 Å². The van der Waals surface area contributed by atoms with Gasteiger partial charge in [0.25, 0.3) is 5.69 Å². The molecule has 0 fully saturated rings. The van der Waals surface area contributed by atoms with Crippen LogP contribution in [-0.4, -0.2) is 19.4 Å². The van der Waals surface area contributed by atoms with Crippen LogP contribution in [-0.2, 0) is 6.61 Å². The third-order valence-corrected chi connectivity index (χ3v) is 3.40. The van der Waals surface area contributed by atoms with E-state index in [9.17, 15) is 10.1 Å². The molecule has 0 radical (unpaired) electrons. The highest BCUT2D eigenvalue weighted by Gasteiger charge is 2.13. The fourth-order valence-electron chi connectivity index (χ4n) is 2.24. The van der Waals surface area contributed by atoms with Gasteiger partial charge in [-0.05, 0) is 18.6 Å². The minimum atomic E-state index is -0.390. The molecular weight excluding hydrogens is 270 g/mol. The maximum Gasteiger partial charge on any atom is 0.272 e. The van der Waals surface area contributed by atoms with Crippen LogP contribution in [0.25, 0.3) is 16.9 Å². The average Bonchev–Trinajstić information content (AvgIpc) is 2.90. The van der Waals surface area contributed by atoms with Crippen LogP contribution in [0.5, 0.6) is 0 Å². The highest BCUT2D eigenvalue weighted by molar-refractivity contribution is 5.66. The van der Waals surface area contributed by atoms with Crippen molar-refractivity contribution in [2.24, 2.45) is 0 Å². The number of hydrogen-bond acceptors (Lipinski definition) is 4. The van der Waals surface area contributed by atoms with E-state index in [-0.39, 0.29) is 12.3 Å². The molecule has 3 rings (SSSR count). The van der Waals surface area contributed by atoms with Gasteiger partial charge in [0.05, 0.1) is 17.2 Å². The molecule has 3 aromatic rings. The molecule has 6 nitrogen and oxygen atoms in total. The molecule has 0 atom stereocenters. The van der Waals surface area contributed by atoms with Crippen molar-refractivity contribution in [3.05, 3.63) is 64.0 Å². The lowest BCUT2D eigenvalue weighted by Gasteiger charge is -1.99. The SMILES string of the molecule is Cc1ccc(-c2cn3cc(CO)ccc3n2)cc1[N+](=O)[O-]. The molecule has 0 spiro atoms. The van der Waals surface area contributed by atoms with Crippen LogP contribution in [0.3, 0.4) is 0 Å². The van der Waals surface area contributed by atoms with Crippen LogP contribution >= 0.6 is 0 Å². The van der Waals surface area contributed by atoms with Gasteiger partial charge in [0, 0.05) is 29.6 Å². The molecule has 6 heteroatoms. The third kappa shape index (κ3) is 2.36. The molecule has 0 saturated carbocycles. The van der Waals surface area contributed by atoms with Crippen molar-refractivity contribution in [1.29, 1.82) is 0 Å². The smallest absolute Gasteiger partial charge is 0.272 e. The Hall–Kier alpha value is -2.73. The van der Waals surface area contributed by atoms with E-state index in [0.717, 1.165) is 11.2 Å². The molecule has 1 N–H and O–H groups in total. The highest BCUT2D eigenvalue weighted by Crippen LogP contribution is 2.26. The first-order chi connectivity index (χ1) is 10.1. The predicted octanol–water partition coefficient (Wildman–Crippen LogP) is 2.71. The topological polar surface area (TPSA) is 80.7 Å². The molecule has 106 valence electrons. The van der Waals surface area contributed by atoms with Gasteiger partial charge in [0.2, 0.25) is 0 Å². The van der Waals surface area contributed by atoms with E-state index in [1.165, 1.54) is 6.07 Å². The van der Waals surface area contributed by atoms with E-state index in [1.54, 1.807) is 41.9 Å². The van der Waals surface area contributed by atoms with Gasteiger partial charge in [-0.1, -0.05) is 18.2 Å². The second-order valence-electron chi connectivity index (χ2n) is 4.85. The third-order valence-electron chi connectivity index (χ3n) is 3.40. The predicted molar refractivity (Wildman–Crippen MR) is 77.9 cm³/mol. The first-order valence-corrected chi connectivity index (χ1v) is 6.42. The maximum atomic E-state index is 11.0. The number of aromatic nitrogens is 2. The van der Waals surface area contributed by atoms with Crippen molar-refractivity contribution >= 4 is 11.3 Å². The quantitative estimate of drug-likeness (QED) is 0.592. The zero-order valence-corrected chi connectivity index (χ0v) is 11.4. The number of fused-ring (bicyclic) bond motifs is 1. The summed E-state index contributed by atoms with van der Waals surface area (Å²) >= 11 is 0. The minimum Gasteiger partial charge on any atom is -0.392 e. The maximum absolute atomic E-state index is 11.0. The summed E-state index contributed by atoms with van der Waals surface area (Å²) in [5.74, 6) is 0. The Morgan fingerprint density at radius 2 is 2.10 bits per heavy atom. The molecule has 0 amide bonds. The molecule has 1 aromatic carbocycles. The normalized spacial score (nSPS) is 11.0. The van der Waals surface area contributed by atoms with Gasteiger partial charge in [0.1, 0.15) is 5.65 Å². The second kappa shape index (κ2) is 4.99. The molecule has 0 aliphatic carbocycles. The number of aliphatic hydroxyl groups is 1. The van der Waals surface area contributed by atoms with Gasteiger partial charge >= 0.3 is 0 Å². The fraction of sp³-hybridized carbons (Fsp3) is 0.133. The fourth-order valence-corrected chi connectivity index (χ4v) is 2.24. The summed E-state index contributed by atoms with van der Waals surface area (Å²) in [6, 6.07) is 8.67. The van der Waals surface area contributed by atoms with E-state index in [0.29, 0.717) is 16.8 Å². The van der Waals surface area contributed by atoms with E-state index in [1.807, 2.05) is 6.07 Å². The average molecular weight is 283 g/mol. The van der Waals surface area contributed by atoms with Gasteiger partial charge in [-0.25, -0.2) is 4.98 Å². The van der Waals surface area contributed by atoms with Crippen LogP contribution in [0.4, 0.5) is 5.69 Å². The molecular formula is C15H13N3O3. The summed E-state index contributed by atoms with van der Waals surface area (Å²) in [7, 11) is 0. The molecule has 0 bridgehead atoms. The van der Waals surface area contributed by atoms with Crippen LogP contribution in [0.2, 0.25) is 0 Å². The largest absolute Gasteiger partial charge is 0.392 e. The number of benzene rings is 1. The summed E-state index contributed by atoms with van der Waals surface area (Å²) in [5.41, 5.74) is 3.57. The first kappa shape index (κ1) is 13.3. The molecule has 21 heavy (non-hydrogen) atoms. The zero-order valence-electron chi connectivity index (χ0n) is 11.4. The van der Waals surface area contributed by atoms with Crippen molar-refractivity contribution < 1.29 is 10.0 Å². The molecule has 0 unspecified atom stereocenters. The summed E-state index contributed by atoms with van der Waals surface area (Å²) in [5, 5.41) is 20.2. The number of rotatable bonds is 3. The Kier molecular flexibility index (Phi) is 3.15. The van der Waals surface area contributed by atoms with Gasteiger partial charge in [-0.15, -0.1) is 0 Å². The van der Waals surface area contributed by atoms with E-state index in [4.69, 9.17) is 5.11 Å². The molecule has 0 saturated heterocycles. The number of aliphatic hydroxyl groups excluding tert-OH is 1. The van der Waals surface area contributed by atoms with Gasteiger partial charge < -0.3 is 9.51 Å². The lowest BCUT2D eigenvalue weighted by Crippen LogP contribution is -1.92. The van der Waals surface area contributed by atoms with Crippen molar-refractivity contribution in [2.75, 3.05) is 0 Å². The Labute approximate surface area is 120 Å². The lowest BCUT2D eigenvalue weighted by molar-refractivity contribution is -0.385. The van der Waals surface area contributed by atoms with Crippen LogP contribution < -0.4 is 0 Å². The number of pyridine rings is 1. The Bertz CT molecular complexity index is 839. The minimum absolute atomic E-state index is 0.0422. The lowest BCUT2D eigenvalue weighted by atomic mass is 10.1. The number of aryl methyl sites for hydroxylation is 1. The standard InChI is InChI=1S/C15H13N3O3/c1-10-2-4-12(6-14(10)18(20)21)13-8-17-7-11(9-19)3-5-15(17)16-13/h2-8,19H,9H2,1H3. The van der Waals surface area contributed by atoms with Gasteiger partial charge in [-0.3, -0.25) is 10.1 Å². The summed E-state index contributed by atoms with van der Waals surface area (Å²) in [6.07, 6.45) is 3.58. The van der Waals surface area contributed by atoms with Crippen molar-refractivity contribution in [2.45, 2.75) is 13.5 Å². The van der Waals surface area contributed by atoms with Crippen LogP contribution in [0.1, 0.15) is 11.1 Å². The van der Waals surface area contributed by atoms with E-state index in [2.05, 4.69) is 4.98 Å². The Morgan fingerprint density at radius 1 is 1.29 bits per heavy atom. The second-order valence-corrected chi connectivity index (χ2v) is 4.85. The summed E-state index contributed by atoms with van der Waals surface area (Å²) in [6.45, 7) is 1.67. The zero-order chi connectivity index (χ0) is 15.0. The Balaban J connectivity index is 2.12. The summed E-state index contributed by atoms with van der Waals surface area (Å²) in [4.78, 5) is 15.1. The van der Waals surface area contributed by atoms with Crippen molar-refractivity contribution in [1.82, 2.24) is 9.38 Å². The highest BCUT2D eigenvalue weighted by atomic mass is 16.6. The van der Waals surface area contributed by atoms with Crippen molar-refractivity contribution in [3.8, 4) is 11.3 Å². The Morgan fingerprint density at radius 3 is 2.81 bits per heavy atom. The number of nitro benzene ring substituents is 1. The molecule has 2 aromatic heterocycles. The monoisotopic (exact) mass is 283 g/mol. The van der Waals surface area contributed by atoms with Gasteiger partial charge in [0.15, 0.2) is 0 Å². The molecule has 2 heterocycles. The van der Waals surface area contributed by atoms with E-state index < -0.39 is 4.92 Å². The van der Waals surface area contributed by atoms with E-state index >= 15 is 0 Å². The number of hydrogen-bond donors (Lipinski definition) is 1. The number of nitro groups is 1. The van der Waals surface area contributed by atoms with Gasteiger partial charge in [-0.2, -0.15) is 0 Å². The first-order valence-electron chi connectivity index (χ1n) is 6.42.